The van der Waals surface area contributed by atoms with Crippen LogP contribution in [0.4, 0.5) is 0 Å². The molecule has 1 saturated heterocycles. The maximum Gasteiger partial charge on any atom is 0.0589 e. The van der Waals surface area contributed by atoms with Gasteiger partial charge in [0.25, 0.3) is 0 Å². The summed E-state index contributed by atoms with van der Waals surface area (Å²) in [6.45, 7) is 5.43. The Hall–Kier alpha value is -0.290. The SMILES string of the molecule is CSN1CCN(Cc2ccc(Cl)cn2)CC1. The Labute approximate surface area is 106 Å². The molecule has 1 aliphatic rings. The van der Waals surface area contributed by atoms with E-state index in [2.05, 4.69) is 20.4 Å². The zero-order valence-corrected chi connectivity index (χ0v) is 11.0. The van der Waals surface area contributed by atoms with Gasteiger partial charge in [-0.15, -0.1) is 0 Å². The van der Waals surface area contributed by atoms with Crippen molar-refractivity contribution in [3.8, 4) is 0 Å². The summed E-state index contributed by atoms with van der Waals surface area (Å²) in [5.41, 5.74) is 1.10. The molecule has 0 aromatic carbocycles. The van der Waals surface area contributed by atoms with E-state index in [-0.39, 0.29) is 0 Å². The van der Waals surface area contributed by atoms with Crippen LogP contribution in [0.2, 0.25) is 5.02 Å². The number of rotatable bonds is 3. The van der Waals surface area contributed by atoms with Crippen molar-refractivity contribution in [3.05, 3.63) is 29.0 Å². The minimum absolute atomic E-state index is 0.705. The van der Waals surface area contributed by atoms with E-state index in [1.807, 2.05) is 24.1 Å². The predicted molar refractivity (Wildman–Crippen MR) is 69.6 cm³/mol. The molecule has 0 saturated carbocycles. The first-order valence-electron chi connectivity index (χ1n) is 5.40. The molecule has 0 spiro atoms. The van der Waals surface area contributed by atoms with Gasteiger partial charge in [-0.05, 0) is 18.4 Å². The molecular weight excluding hydrogens is 242 g/mol. The molecule has 0 N–H and O–H groups in total. The second kappa shape index (κ2) is 5.87. The smallest absolute Gasteiger partial charge is 0.0589 e. The van der Waals surface area contributed by atoms with Crippen LogP contribution < -0.4 is 0 Å². The third-order valence-corrected chi connectivity index (χ3v) is 3.87. The number of hydrogen-bond donors (Lipinski definition) is 0. The zero-order chi connectivity index (χ0) is 11.4. The minimum Gasteiger partial charge on any atom is -0.295 e. The molecule has 5 heteroatoms. The lowest BCUT2D eigenvalue weighted by Crippen LogP contribution is -2.42. The molecule has 1 aliphatic heterocycles. The molecule has 1 aromatic heterocycles. The molecular formula is C11H16ClN3S. The van der Waals surface area contributed by atoms with Gasteiger partial charge in [0.1, 0.15) is 0 Å². The number of nitrogens with zero attached hydrogens (tertiary/aromatic N) is 3. The lowest BCUT2D eigenvalue weighted by Gasteiger charge is -2.32. The van der Waals surface area contributed by atoms with Crippen LogP contribution in [0.5, 0.6) is 0 Å². The largest absolute Gasteiger partial charge is 0.295 e. The number of pyridine rings is 1. The fraction of sp³-hybridized carbons (Fsp3) is 0.545. The summed E-state index contributed by atoms with van der Waals surface area (Å²) in [5, 5.41) is 0.705. The van der Waals surface area contributed by atoms with E-state index in [0.29, 0.717) is 5.02 Å². The topological polar surface area (TPSA) is 19.4 Å². The second-order valence-corrected chi connectivity index (χ2v) is 5.17. The van der Waals surface area contributed by atoms with Crippen molar-refractivity contribution in [2.75, 3.05) is 32.4 Å². The van der Waals surface area contributed by atoms with Gasteiger partial charge in [0.2, 0.25) is 0 Å². The average molecular weight is 258 g/mol. The maximum absolute atomic E-state index is 5.81. The Morgan fingerprint density at radius 3 is 2.62 bits per heavy atom. The fourth-order valence-corrected chi connectivity index (χ4v) is 2.44. The molecule has 0 amide bonds. The summed E-state index contributed by atoms with van der Waals surface area (Å²) in [7, 11) is 0. The molecule has 3 nitrogen and oxygen atoms in total. The van der Waals surface area contributed by atoms with Crippen LogP contribution in [-0.4, -0.2) is 46.6 Å². The number of hydrogen-bond acceptors (Lipinski definition) is 4. The molecule has 16 heavy (non-hydrogen) atoms. The Morgan fingerprint density at radius 2 is 2.06 bits per heavy atom. The normalized spacial score (nSPS) is 18.9. The van der Waals surface area contributed by atoms with Gasteiger partial charge in [0.15, 0.2) is 0 Å². The Kier molecular flexibility index (Phi) is 4.46. The fourth-order valence-electron chi connectivity index (χ4n) is 1.80. The van der Waals surface area contributed by atoms with E-state index >= 15 is 0 Å². The van der Waals surface area contributed by atoms with Gasteiger partial charge in [-0.3, -0.25) is 9.88 Å². The lowest BCUT2D eigenvalue weighted by atomic mass is 10.3. The molecule has 1 aromatic rings. The number of halogens is 1. The summed E-state index contributed by atoms with van der Waals surface area (Å²) >= 11 is 7.64. The van der Waals surface area contributed by atoms with E-state index in [0.717, 1.165) is 38.4 Å². The van der Waals surface area contributed by atoms with E-state index in [1.54, 1.807) is 6.20 Å². The Morgan fingerprint density at radius 1 is 1.31 bits per heavy atom. The summed E-state index contributed by atoms with van der Waals surface area (Å²) in [5.74, 6) is 0. The minimum atomic E-state index is 0.705. The lowest BCUT2D eigenvalue weighted by molar-refractivity contribution is 0.188. The summed E-state index contributed by atoms with van der Waals surface area (Å²) in [4.78, 5) is 6.75. The first-order chi connectivity index (χ1) is 7.78. The summed E-state index contributed by atoms with van der Waals surface area (Å²) in [6.07, 6.45) is 3.85. The first-order valence-corrected chi connectivity index (χ1v) is 6.96. The zero-order valence-electron chi connectivity index (χ0n) is 9.40. The third kappa shape index (κ3) is 3.35. The van der Waals surface area contributed by atoms with Gasteiger partial charge >= 0.3 is 0 Å². The van der Waals surface area contributed by atoms with Crippen LogP contribution in [0.1, 0.15) is 5.69 Å². The molecule has 0 bridgehead atoms. The van der Waals surface area contributed by atoms with Crippen molar-refractivity contribution in [1.82, 2.24) is 14.2 Å². The van der Waals surface area contributed by atoms with Crippen molar-refractivity contribution in [3.63, 3.8) is 0 Å². The van der Waals surface area contributed by atoms with E-state index in [4.69, 9.17) is 11.6 Å². The van der Waals surface area contributed by atoms with E-state index < -0.39 is 0 Å². The molecule has 0 radical (unpaired) electrons. The molecule has 88 valence electrons. The molecule has 2 heterocycles. The van der Waals surface area contributed by atoms with Crippen molar-refractivity contribution in [2.24, 2.45) is 0 Å². The summed E-state index contributed by atoms with van der Waals surface area (Å²) < 4.78 is 2.39. The van der Waals surface area contributed by atoms with Crippen LogP contribution in [0, 0.1) is 0 Å². The van der Waals surface area contributed by atoms with Crippen molar-refractivity contribution in [1.29, 1.82) is 0 Å². The molecule has 0 atom stereocenters. The van der Waals surface area contributed by atoms with Crippen LogP contribution in [0.15, 0.2) is 18.3 Å². The first kappa shape index (κ1) is 12.2. The van der Waals surface area contributed by atoms with Crippen LogP contribution >= 0.6 is 23.5 Å². The highest BCUT2D eigenvalue weighted by atomic mass is 35.5. The maximum atomic E-state index is 5.81. The van der Waals surface area contributed by atoms with Gasteiger partial charge in [-0.25, -0.2) is 4.31 Å². The predicted octanol–water partition coefficient (Wildman–Crippen LogP) is 2.13. The van der Waals surface area contributed by atoms with Gasteiger partial charge in [-0.2, -0.15) is 0 Å². The van der Waals surface area contributed by atoms with Crippen molar-refractivity contribution >= 4 is 23.5 Å². The number of aromatic nitrogens is 1. The number of piperazine rings is 1. The average Bonchev–Trinajstić information content (AvgIpc) is 2.33. The molecule has 0 unspecified atom stereocenters. The Balaban J connectivity index is 1.84. The molecule has 2 rings (SSSR count). The van der Waals surface area contributed by atoms with Gasteiger partial charge in [0, 0.05) is 38.9 Å². The van der Waals surface area contributed by atoms with Crippen molar-refractivity contribution < 1.29 is 0 Å². The van der Waals surface area contributed by atoms with Gasteiger partial charge < -0.3 is 0 Å². The van der Waals surface area contributed by atoms with Crippen molar-refractivity contribution in [2.45, 2.75) is 6.54 Å². The quantitative estimate of drug-likeness (QED) is 0.773. The standard InChI is InChI=1S/C11H16ClN3S/c1-16-15-6-4-14(5-7-15)9-11-3-2-10(12)8-13-11/h2-3,8H,4-7,9H2,1H3. The highest BCUT2D eigenvalue weighted by molar-refractivity contribution is 7.96. The molecule has 0 aliphatic carbocycles. The third-order valence-electron chi connectivity index (χ3n) is 2.76. The highest BCUT2D eigenvalue weighted by Gasteiger charge is 2.16. The second-order valence-electron chi connectivity index (χ2n) is 3.86. The van der Waals surface area contributed by atoms with Gasteiger partial charge in [0.05, 0.1) is 10.7 Å². The van der Waals surface area contributed by atoms with Crippen LogP contribution in [0.3, 0.4) is 0 Å². The Bertz CT molecular complexity index is 323. The van der Waals surface area contributed by atoms with Crippen LogP contribution in [-0.2, 0) is 6.54 Å². The molecule has 1 fully saturated rings. The summed E-state index contributed by atoms with van der Waals surface area (Å²) in [6, 6.07) is 3.91. The van der Waals surface area contributed by atoms with Gasteiger partial charge in [-0.1, -0.05) is 23.5 Å². The van der Waals surface area contributed by atoms with E-state index in [9.17, 15) is 0 Å². The van der Waals surface area contributed by atoms with Crippen LogP contribution in [0.25, 0.3) is 0 Å². The monoisotopic (exact) mass is 257 g/mol. The van der Waals surface area contributed by atoms with E-state index in [1.165, 1.54) is 0 Å². The highest BCUT2D eigenvalue weighted by Crippen LogP contribution is 2.13.